The maximum Gasteiger partial charge on any atom is 0.326 e. The first kappa shape index (κ1) is 14.5. The number of nitrogens with one attached hydrogen (secondary N) is 1. The molecule has 8 heteroatoms. The van der Waals surface area contributed by atoms with Gasteiger partial charge in [-0.05, 0) is 17.9 Å². The number of halogens is 1. The maximum atomic E-state index is 11.8. The Morgan fingerprint density at radius 2 is 2.17 bits per heavy atom. The topological polar surface area (TPSA) is 109 Å². The molecule has 0 radical (unpaired) electrons. The van der Waals surface area contributed by atoms with Crippen LogP contribution in [-0.2, 0) is 9.59 Å². The number of hydrogen-bond acceptors (Lipinski definition) is 4. The SMILES string of the molecule is Cc1csc(C(=O)NC(CC(N)=O)C(=O)O)c1Cl. The van der Waals surface area contributed by atoms with Crippen molar-refractivity contribution in [2.24, 2.45) is 5.73 Å². The lowest BCUT2D eigenvalue weighted by atomic mass is 10.2. The van der Waals surface area contributed by atoms with Crippen LogP contribution in [0.5, 0.6) is 0 Å². The number of carboxylic acids is 1. The highest BCUT2D eigenvalue weighted by Gasteiger charge is 2.24. The molecule has 98 valence electrons. The summed E-state index contributed by atoms with van der Waals surface area (Å²) >= 11 is 6.99. The number of amides is 2. The van der Waals surface area contributed by atoms with Crippen molar-refractivity contribution in [2.75, 3.05) is 0 Å². The third-order valence-corrected chi connectivity index (χ3v) is 3.81. The van der Waals surface area contributed by atoms with Crippen LogP contribution in [0.4, 0.5) is 0 Å². The molecule has 0 fully saturated rings. The summed E-state index contributed by atoms with van der Waals surface area (Å²) in [5.74, 6) is -2.77. The van der Waals surface area contributed by atoms with Gasteiger partial charge in [0.1, 0.15) is 10.9 Å². The monoisotopic (exact) mass is 290 g/mol. The predicted molar refractivity (Wildman–Crippen MR) is 66.8 cm³/mol. The van der Waals surface area contributed by atoms with Gasteiger partial charge in [-0.25, -0.2) is 4.79 Å². The number of nitrogens with two attached hydrogens (primary N) is 1. The van der Waals surface area contributed by atoms with Crippen molar-refractivity contribution in [3.05, 3.63) is 20.8 Å². The summed E-state index contributed by atoms with van der Waals surface area (Å²) in [5.41, 5.74) is 5.63. The molecule has 0 aliphatic rings. The summed E-state index contributed by atoms with van der Waals surface area (Å²) in [6.45, 7) is 1.73. The van der Waals surface area contributed by atoms with E-state index in [0.717, 1.165) is 16.9 Å². The van der Waals surface area contributed by atoms with Gasteiger partial charge >= 0.3 is 5.97 Å². The van der Waals surface area contributed by atoms with E-state index >= 15 is 0 Å². The van der Waals surface area contributed by atoms with E-state index in [4.69, 9.17) is 22.4 Å². The molecule has 0 bridgehead atoms. The van der Waals surface area contributed by atoms with Crippen LogP contribution in [0.3, 0.4) is 0 Å². The van der Waals surface area contributed by atoms with Gasteiger partial charge in [0, 0.05) is 0 Å². The van der Waals surface area contributed by atoms with Gasteiger partial charge in [0.15, 0.2) is 0 Å². The zero-order valence-corrected chi connectivity index (χ0v) is 11.0. The number of carbonyl (C=O) groups is 3. The molecule has 18 heavy (non-hydrogen) atoms. The Morgan fingerprint density at radius 3 is 2.56 bits per heavy atom. The molecule has 1 rings (SSSR count). The molecule has 2 amide bonds. The summed E-state index contributed by atoms with van der Waals surface area (Å²) in [5, 5.41) is 13.0. The highest BCUT2D eigenvalue weighted by atomic mass is 35.5. The molecule has 1 aromatic rings. The zero-order chi connectivity index (χ0) is 13.9. The van der Waals surface area contributed by atoms with Gasteiger partial charge in [0.25, 0.3) is 5.91 Å². The molecule has 0 aliphatic carbocycles. The number of carbonyl (C=O) groups excluding carboxylic acids is 2. The van der Waals surface area contributed by atoms with Crippen molar-refractivity contribution in [1.29, 1.82) is 0 Å². The van der Waals surface area contributed by atoms with Crippen LogP contribution < -0.4 is 11.1 Å². The van der Waals surface area contributed by atoms with E-state index in [1.54, 1.807) is 12.3 Å². The zero-order valence-electron chi connectivity index (χ0n) is 9.40. The smallest absolute Gasteiger partial charge is 0.326 e. The van der Waals surface area contributed by atoms with Crippen LogP contribution >= 0.6 is 22.9 Å². The third kappa shape index (κ3) is 3.44. The van der Waals surface area contributed by atoms with Crippen LogP contribution in [0.1, 0.15) is 21.7 Å². The number of rotatable bonds is 5. The van der Waals surface area contributed by atoms with Crippen molar-refractivity contribution in [3.63, 3.8) is 0 Å². The summed E-state index contributed by atoms with van der Waals surface area (Å²) in [4.78, 5) is 33.5. The molecular formula is C10H11ClN2O4S. The van der Waals surface area contributed by atoms with E-state index in [2.05, 4.69) is 5.32 Å². The average Bonchev–Trinajstić information content (AvgIpc) is 2.58. The second-order valence-electron chi connectivity index (χ2n) is 3.60. The molecule has 1 heterocycles. The molecule has 4 N–H and O–H groups in total. The van der Waals surface area contributed by atoms with Gasteiger partial charge in [-0.1, -0.05) is 11.6 Å². The lowest BCUT2D eigenvalue weighted by Crippen LogP contribution is -2.43. The first-order valence-corrected chi connectivity index (χ1v) is 6.14. The number of hydrogen-bond donors (Lipinski definition) is 3. The lowest BCUT2D eigenvalue weighted by molar-refractivity contribution is -0.140. The molecule has 0 spiro atoms. The van der Waals surface area contributed by atoms with E-state index in [9.17, 15) is 14.4 Å². The molecule has 6 nitrogen and oxygen atoms in total. The Morgan fingerprint density at radius 1 is 1.56 bits per heavy atom. The van der Waals surface area contributed by atoms with E-state index in [-0.39, 0.29) is 9.90 Å². The molecule has 1 unspecified atom stereocenters. The number of thiophene rings is 1. The fraction of sp³-hybridized carbons (Fsp3) is 0.300. The van der Waals surface area contributed by atoms with E-state index in [1.165, 1.54) is 0 Å². The third-order valence-electron chi connectivity index (χ3n) is 2.11. The number of aryl methyl sites for hydroxylation is 1. The van der Waals surface area contributed by atoms with Crippen LogP contribution in [0.15, 0.2) is 5.38 Å². The summed E-state index contributed by atoms with van der Waals surface area (Å²) in [7, 11) is 0. The Bertz CT molecular complexity index is 500. The fourth-order valence-electron chi connectivity index (χ4n) is 1.21. The first-order valence-electron chi connectivity index (χ1n) is 4.88. The first-order chi connectivity index (χ1) is 8.32. The fourth-order valence-corrected chi connectivity index (χ4v) is 2.39. The quantitative estimate of drug-likeness (QED) is 0.744. The number of primary amides is 1. The summed E-state index contributed by atoms with van der Waals surface area (Å²) in [6.07, 6.45) is -0.469. The maximum absolute atomic E-state index is 11.8. The molecule has 1 aromatic heterocycles. The highest BCUT2D eigenvalue weighted by Crippen LogP contribution is 2.26. The molecule has 1 atom stereocenters. The van der Waals surface area contributed by atoms with E-state index in [0.29, 0.717) is 0 Å². The lowest BCUT2D eigenvalue weighted by Gasteiger charge is -2.12. The second kappa shape index (κ2) is 5.83. The normalized spacial score (nSPS) is 11.9. The van der Waals surface area contributed by atoms with Gasteiger partial charge in [0.2, 0.25) is 5.91 Å². The highest BCUT2D eigenvalue weighted by molar-refractivity contribution is 7.13. The molecule has 0 aliphatic heterocycles. The van der Waals surface area contributed by atoms with Crippen LogP contribution in [0.25, 0.3) is 0 Å². The Labute approximate surface area is 112 Å². The van der Waals surface area contributed by atoms with Gasteiger partial charge in [0.05, 0.1) is 11.4 Å². The van der Waals surface area contributed by atoms with Gasteiger partial charge in [-0.2, -0.15) is 0 Å². The standard InChI is InChI=1S/C10H11ClN2O4S/c1-4-3-18-8(7(4)11)9(15)13-5(10(16)17)2-6(12)14/h3,5H,2H2,1H3,(H2,12,14)(H,13,15)(H,16,17). The van der Waals surface area contributed by atoms with E-state index < -0.39 is 30.2 Å². The van der Waals surface area contributed by atoms with E-state index in [1.807, 2.05) is 0 Å². The Hall–Kier alpha value is -1.60. The van der Waals surface area contributed by atoms with Crippen molar-refractivity contribution in [2.45, 2.75) is 19.4 Å². The van der Waals surface area contributed by atoms with Gasteiger partial charge in [-0.15, -0.1) is 11.3 Å². The summed E-state index contributed by atoms with van der Waals surface area (Å²) < 4.78 is 0. The molecule has 0 saturated heterocycles. The second-order valence-corrected chi connectivity index (χ2v) is 4.85. The molecule has 0 aromatic carbocycles. The predicted octanol–water partition coefficient (Wildman–Crippen LogP) is 0.768. The Balaban J connectivity index is 2.82. The minimum atomic E-state index is -1.35. The molecule has 0 saturated carbocycles. The van der Waals surface area contributed by atoms with Crippen molar-refractivity contribution in [3.8, 4) is 0 Å². The Kier molecular flexibility index (Phi) is 4.69. The van der Waals surface area contributed by atoms with Crippen molar-refractivity contribution < 1.29 is 19.5 Å². The van der Waals surface area contributed by atoms with Crippen LogP contribution in [-0.4, -0.2) is 28.9 Å². The minimum absolute atomic E-state index is 0.213. The summed E-state index contributed by atoms with van der Waals surface area (Å²) in [6, 6.07) is -1.35. The van der Waals surface area contributed by atoms with Gasteiger partial charge in [-0.3, -0.25) is 9.59 Å². The average molecular weight is 291 g/mol. The van der Waals surface area contributed by atoms with Gasteiger partial charge < -0.3 is 16.2 Å². The van der Waals surface area contributed by atoms with Crippen molar-refractivity contribution >= 4 is 40.7 Å². The minimum Gasteiger partial charge on any atom is -0.480 e. The van der Waals surface area contributed by atoms with Crippen molar-refractivity contribution in [1.82, 2.24) is 5.32 Å². The largest absolute Gasteiger partial charge is 0.480 e. The molecular weight excluding hydrogens is 280 g/mol. The van der Waals surface area contributed by atoms with Crippen LogP contribution in [0.2, 0.25) is 5.02 Å². The number of aliphatic carboxylic acids is 1. The van der Waals surface area contributed by atoms with Crippen LogP contribution in [0, 0.1) is 6.92 Å². The number of carboxylic acid groups (broad SMARTS) is 1.